The lowest BCUT2D eigenvalue weighted by molar-refractivity contribution is 1.27. The number of nitrogens with zero attached hydrogens (tertiary/aromatic N) is 2. The molecular weight excluding hydrogens is 340 g/mol. The molecule has 0 saturated heterocycles. The summed E-state index contributed by atoms with van der Waals surface area (Å²) in [6.45, 7) is 0. The average molecular weight is 349 g/mol. The number of thioether (sulfide) groups is 1. The van der Waals surface area contributed by atoms with Gasteiger partial charge in [-0.1, -0.05) is 35.5 Å². The summed E-state index contributed by atoms with van der Waals surface area (Å²) in [5, 5.41) is 1.87. The summed E-state index contributed by atoms with van der Waals surface area (Å²) in [6.07, 6.45) is 0. The van der Waals surface area contributed by atoms with Gasteiger partial charge in [-0.2, -0.15) is 0 Å². The standard InChI is InChI=1S/C15H9ClN2S3/c16-9-5-6-13-11(7-9)18-15(21-13)19-8-14-17-10-3-1-2-4-12(10)20-14/h1-7H,8H2. The lowest BCUT2D eigenvalue weighted by atomic mass is 10.3. The SMILES string of the molecule is Clc1ccc2sc(SCc3nc4ccccc4s3)nc2c1. The third-order valence-corrected chi connectivity index (χ3v) is 6.63. The third-order valence-electron chi connectivity index (χ3n) is 2.99. The monoisotopic (exact) mass is 348 g/mol. The Balaban J connectivity index is 1.57. The molecule has 4 rings (SSSR count). The summed E-state index contributed by atoms with van der Waals surface area (Å²) in [4.78, 5) is 9.27. The van der Waals surface area contributed by atoms with Crippen LogP contribution in [0.5, 0.6) is 0 Å². The van der Waals surface area contributed by atoms with Gasteiger partial charge in [0.05, 0.1) is 26.2 Å². The van der Waals surface area contributed by atoms with E-state index in [1.807, 2.05) is 24.3 Å². The zero-order valence-corrected chi connectivity index (χ0v) is 14.0. The highest BCUT2D eigenvalue weighted by molar-refractivity contribution is 8.00. The molecule has 0 amide bonds. The number of aromatic nitrogens is 2. The molecule has 2 aromatic heterocycles. The van der Waals surface area contributed by atoms with Gasteiger partial charge in [-0.25, -0.2) is 9.97 Å². The van der Waals surface area contributed by atoms with E-state index in [2.05, 4.69) is 28.2 Å². The summed E-state index contributed by atoms with van der Waals surface area (Å²) in [6, 6.07) is 14.1. The molecule has 0 fully saturated rings. The molecule has 0 unspecified atom stereocenters. The molecule has 104 valence electrons. The maximum Gasteiger partial charge on any atom is 0.151 e. The van der Waals surface area contributed by atoms with E-state index < -0.39 is 0 Å². The molecule has 0 bridgehead atoms. The predicted molar refractivity (Wildman–Crippen MR) is 93.8 cm³/mol. The van der Waals surface area contributed by atoms with Crippen LogP contribution in [0.15, 0.2) is 46.8 Å². The fourth-order valence-electron chi connectivity index (χ4n) is 2.05. The van der Waals surface area contributed by atoms with Gasteiger partial charge in [0, 0.05) is 5.02 Å². The van der Waals surface area contributed by atoms with Crippen LogP contribution in [0.1, 0.15) is 5.01 Å². The number of rotatable bonds is 3. The smallest absolute Gasteiger partial charge is 0.151 e. The largest absolute Gasteiger partial charge is 0.240 e. The van der Waals surface area contributed by atoms with Gasteiger partial charge >= 0.3 is 0 Å². The molecule has 0 spiro atoms. The molecule has 2 heterocycles. The second-order valence-electron chi connectivity index (χ2n) is 4.46. The third kappa shape index (κ3) is 2.79. The van der Waals surface area contributed by atoms with Crippen molar-refractivity contribution in [1.29, 1.82) is 0 Å². The van der Waals surface area contributed by atoms with E-state index in [-0.39, 0.29) is 0 Å². The van der Waals surface area contributed by atoms with Crippen molar-refractivity contribution < 1.29 is 0 Å². The van der Waals surface area contributed by atoms with Crippen LogP contribution < -0.4 is 0 Å². The van der Waals surface area contributed by atoms with E-state index in [1.54, 1.807) is 34.4 Å². The molecule has 0 aliphatic rings. The number of thiazole rings is 2. The molecule has 2 aromatic carbocycles. The lowest BCUT2D eigenvalue weighted by Gasteiger charge is -1.91. The minimum Gasteiger partial charge on any atom is -0.240 e. The molecule has 0 radical (unpaired) electrons. The van der Waals surface area contributed by atoms with Crippen molar-refractivity contribution in [1.82, 2.24) is 9.97 Å². The van der Waals surface area contributed by atoms with Crippen LogP contribution in [0, 0.1) is 0 Å². The lowest BCUT2D eigenvalue weighted by Crippen LogP contribution is -1.77. The normalized spacial score (nSPS) is 11.5. The maximum atomic E-state index is 6.00. The first kappa shape index (κ1) is 13.5. The Hall–Kier alpha value is -1.14. The van der Waals surface area contributed by atoms with Crippen LogP contribution in [-0.2, 0) is 5.75 Å². The van der Waals surface area contributed by atoms with Gasteiger partial charge in [-0.05, 0) is 30.3 Å². The molecule has 0 aliphatic heterocycles. The number of hydrogen-bond donors (Lipinski definition) is 0. The van der Waals surface area contributed by atoms with Crippen LogP contribution in [0.4, 0.5) is 0 Å². The molecular formula is C15H9ClN2S3. The summed E-state index contributed by atoms with van der Waals surface area (Å²) >= 11 is 11.2. The zero-order valence-electron chi connectivity index (χ0n) is 10.7. The molecule has 6 heteroatoms. The predicted octanol–water partition coefficient (Wildman–Crippen LogP) is 5.85. The van der Waals surface area contributed by atoms with Crippen molar-refractivity contribution in [3.8, 4) is 0 Å². The Morgan fingerprint density at radius 1 is 0.952 bits per heavy atom. The number of hydrogen-bond acceptors (Lipinski definition) is 5. The Morgan fingerprint density at radius 2 is 1.81 bits per heavy atom. The highest BCUT2D eigenvalue weighted by Crippen LogP contribution is 2.34. The van der Waals surface area contributed by atoms with E-state index in [0.29, 0.717) is 0 Å². The summed E-state index contributed by atoms with van der Waals surface area (Å²) in [7, 11) is 0. The van der Waals surface area contributed by atoms with Gasteiger partial charge < -0.3 is 0 Å². The van der Waals surface area contributed by atoms with Crippen molar-refractivity contribution in [2.45, 2.75) is 10.1 Å². The molecule has 0 N–H and O–H groups in total. The van der Waals surface area contributed by atoms with Crippen molar-refractivity contribution in [3.63, 3.8) is 0 Å². The Bertz CT molecular complexity index is 896. The topological polar surface area (TPSA) is 25.8 Å². The average Bonchev–Trinajstić information content (AvgIpc) is 3.07. The van der Waals surface area contributed by atoms with Gasteiger partial charge in [0.15, 0.2) is 4.34 Å². The van der Waals surface area contributed by atoms with Gasteiger partial charge in [0.2, 0.25) is 0 Å². The Labute approximate surface area is 138 Å². The fourth-order valence-corrected chi connectivity index (χ4v) is 5.22. The molecule has 2 nitrogen and oxygen atoms in total. The number of fused-ring (bicyclic) bond motifs is 2. The van der Waals surface area contributed by atoms with Gasteiger partial charge in [0.25, 0.3) is 0 Å². The fraction of sp³-hybridized carbons (Fsp3) is 0.0667. The van der Waals surface area contributed by atoms with E-state index in [4.69, 9.17) is 11.6 Å². The van der Waals surface area contributed by atoms with Crippen LogP contribution in [0.2, 0.25) is 5.02 Å². The maximum absolute atomic E-state index is 6.00. The van der Waals surface area contributed by atoms with E-state index in [9.17, 15) is 0 Å². The van der Waals surface area contributed by atoms with Crippen molar-refractivity contribution in [2.75, 3.05) is 0 Å². The first-order valence-electron chi connectivity index (χ1n) is 6.31. The van der Waals surface area contributed by atoms with E-state index >= 15 is 0 Å². The van der Waals surface area contributed by atoms with Gasteiger partial charge in [-0.15, -0.1) is 22.7 Å². The molecule has 4 aromatic rings. The summed E-state index contributed by atoms with van der Waals surface area (Å²) < 4.78 is 3.47. The van der Waals surface area contributed by atoms with Gasteiger partial charge in [0.1, 0.15) is 5.01 Å². The van der Waals surface area contributed by atoms with Crippen molar-refractivity contribution in [3.05, 3.63) is 52.5 Å². The quantitative estimate of drug-likeness (QED) is 0.434. The first-order valence-corrected chi connectivity index (χ1v) is 9.31. The molecule has 0 aliphatic carbocycles. The summed E-state index contributed by atoms with van der Waals surface area (Å²) in [5.74, 6) is 0.854. The Morgan fingerprint density at radius 3 is 2.71 bits per heavy atom. The number of para-hydroxylation sites is 1. The minimum atomic E-state index is 0.732. The van der Waals surface area contributed by atoms with E-state index in [0.717, 1.165) is 31.2 Å². The molecule has 0 atom stereocenters. The number of halogens is 1. The van der Waals surface area contributed by atoms with Crippen LogP contribution in [0.25, 0.3) is 20.4 Å². The highest BCUT2D eigenvalue weighted by Gasteiger charge is 2.08. The van der Waals surface area contributed by atoms with E-state index in [1.165, 1.54) is 9.40 Å². The zero-order chi connectivity index (χ0) is 14.2. The Kier molecular flexibility index (Phi) is 3.59. The second-order valence-corrected chi connectivity index (χ2v) is 8.26. The molecule has 0 saturated carbocycles. The number of benzene rings is 2. The second kappa shape index (κ2) is 5.57. The highest BCUT2D eigenvalue weighted by atomic mass is 35.5. The van der Waals surface area contributed by atoms with Crippen molar-refractivity contribution >= 4 is 66.5 Å². The summed E-state index contributed by atoms with van der Waals surface area (Å²) in [5.41, 5.74) is 2.05. The minimum absolute atomic E-state index is 0.732. The van der Waals surface area contributed by atoms with Crippen molar-refractivity contribution in [2.24, 2.45) is 0 Å². The van der Waals surface area contributed by atoms with Gasteiger partial charge in [-0.3, -0.25) is 0 Å². The van der Waals surface area contributed by atoms with Crippen LogP contribution in [0.3, 0.4) is 0 Å². The first-order chi connectivity index (χ1) is 10.3. The molecule has 21 heavy (non-hydrogen) atoms. The van der Waals surface area contributed by atoms with Crippen LogP contribution in [-0.4, -0.2) is 9.97 Å². The van der Waals surface area contributed by atoms with Crippen LogP contribution >= 0.6 is 46.0 Å².